The summed E-state index contributed by atoms with van der Waals surface area (Å²) in [6.45, 7) is 1.04. The van der Waals surface area contributed by atoms with Crippen LogP contribution in [0.3, 0.4) is 0 Å². The lowest BCUT2D eigenvalue weighted by atomic mass is 10.2. The van der Waals surface area contributed by atoms with Gasteiger partial charge in [-0.05, 0) is 37.1 Å². The number of hydrogen-bond donors (Lipinski definition) is 2. The number of carbonyl (C=O) groups excluding carboxylic acids is 1. The van der Waals surface area contributed by atoms with Crippen molar-refractivity contribution in [2.24, 2.45) is 5.10 Å². The first-order valence-corrected chi connectivity index (χ1v) is 11.0. The number of nitrogens with zero attached hydrogens (tertiary/aromatic N) is 2. The van der Waals surface area contributed by atoms with Crippen molar-refractivity contribution < 1.29 is 13.2 Å². The molecule has 1 aliphatic rings. The van der Waals surface area contributed by atoms with Crippen molar-refractivity contribution in [2.75, 3.05) is 13.1 Å². The Hall–Kier alpha value is -2.97. The van der Waals surface area contributed by atoms with E-state index in [0.29, 0.717) is 13.1 Å². The zero-order chi connectivity index (χ0) is 20.3. The fourth-order valence-corrected chi connectivity index (χ4v) is 5.04. The van der Waals surface area contributed by atoms with Gasteiger partial charge in [0.2, 0.25) is 10.0 Å². The van der Waals surface area contributed by atoms with E-state index >= 15 is 0 Å². The zero-order valence-corrected chi connectivity index (χ0v) is 16.7. The minimum absolute atomic E-state index is 0.132. The quantitative estimate of drug-likeness (QED) is 0.500. The molecule has 0 unspecified atom stereocenters. The lowest BCUT2D eigenvalue weighted by Crippen LogP contribution is -2.35. The highest BCUT2D eigenvalue weighted by atomic mass is 32.2. The topological polar surface area (TPSA) is 94.6 Å². The highest BCUT2D eigenvalue weighted by molar-refractivity contribution is 7.89. The number of rotatable bonds is 5. The van der Waals surface area contributed by atoms with Gasteiger partial charge in [-0.15, -0.1) is 0 Å². The second-order valence-corrected chi connectivity index (χ2v) is 8.92. The molecule has 0 radical (unpaired) electrons. The van der Waals surface area contributed by atoms with E-state index in [2.05, 4.69) is 15.5 Å². The Morgan fingerprint density at radius 2 is 1.86 bits per heavy atom. The Balaban J connectivity index is 1.48. The molecule has 8 heteroatoms. The Kier molecular flexibility index (Phi) is 5.46. The van der Waals surface area contributed by atoms with Crippen molar-refractivity contribution in [3.8, 4) is 0 Å². The molecule has 0 saturated carbocycles. The third-order valence-electron chi connectivity index (χ3n) is 5.04. The smallest absolute Gasteiger partial charge is 0.271 e. The normalized spacial score (nSPS) is 15.7. The van der Waals surface area contributed by atoms with Gasteiger partial charge in [0.15, 0.2) is 0 Å². The number of benzene rings is 2. The molecular formula is C21H22N4O3S. The molecule has 3 aromatic rings. The van der Waals surface area contributed by atoms with Crippen molar-refractivity contribution in [3.63, 3.8) is 0 Å². The number of amides is 1. The highest BCUT2D eigenvalue weighted by Crippen LogP contribution is 2.21. The minimum Gasteiger partial charge on any atom is -0.361 e. The van der Waals surface area contributed by atoms with Crippen molar-refractivity contribution in [3.05, 3.63) is 65.9 Å². The van der Waals surface area contributed by atoms with Crippen LogP contribution in [0.15, 0.2) is 64.7 Å². The third kappa shape index (κ3) is 4.08. The highest BCUT2D eigenvalue weighted by Gasteiger charge is 2.26. The van der Waals surface area contributed by atoms with Crippen LogP contribution in [0, 0.1) is 0 Å². The predicted molar refractivity (Wildman–Crippen MR) is 112 cm³/mol. The molecule has 7 nitrogen and oxygen atoms in total. The Bertz CT molecular complexity index is 1160. The van der Waals surface area contributed by atoms with E-state index in [4.69, 9.17) is 0 Å². The van der Waals surface area contributed by atoms with Gasteiger partial charge in [0.05, 0.1) is 11.1 Å². The first kappa shape index (κ1) is 19.4. The monoisotopic (exact) mass is 410 g/mol. The summed E-state index contributed by atoms with van der Waals surface area (Å²) >= 11 is 0. The van der Waals surface area contributed by atoms with Crippen LogP contribution in [0.2, 0.25) is 0 Å². The molecule has 1 saturated heterocycles. The molecule has 150 valence electrons. The van der Waals surface area contributed by atoms with E-state index < -0.39 is 15.9 Å². The number of para-hydroxylation sites is 1. The maximum Gasteiger partial charge on any atom is 0.271 e. The van der Waals surface area contributed by atoms with Crippen LogP contribution in [0.4, 0.5) is 0 Å². The van der Waals surface area contributed by atoms with E-state index in [9.17, 15) is 13.2 Å². The number of hydrazone groups is 1. The van der Waals surface area contributed by atoms with E-state index in [1.54, 1.807) is 18.3 Å². The average Bonchev–Trinajstić information content (AvgIpc) is 3.17. The van der Waals surface area contributed by atoms with Gasteiger partial charge in [0.1, 0.15) is 0 Å². The number of fused-ring (bicyclic) bond motifs is 1. The van der Waals surface area contributed by atoms with Crippen LogP contribution in [0.25, 0.3) is 10.9 Å². The molecule has 2 heterocycles. The number of piperidine rings is 1. The number of carbonyl (C=O) groups is 1. The molecule has 2 aromatic carbocycles. The van der Waals surface area contributed by atoms with Gasteiger partial charge >= 0.3 is 0 Å². The van der Waals surface area contributed by atoms with Gasteiger partial charge in [-0.2, -0.15) is 9.41 Å². The molecule has 4 rings (SSSR count). The first-order chi connectivity index (χ1) is 14.1. The summed E-state index contributed by atoms with van der Waals surface area (Å²) in [4.78, 5) is 15.7. The fraction of sp³-hybridized carbons (Fsp3) is 0.238. The van der Waals surface area contributed by atoms with Gasteiger partial charge in [0.25, 0.3) is 5.91 Å². The molecule has 1 fully saturated rings. The maximum atomic E-state index is 12.8. The van der Waals surface area contributed by atoms with Gasteiger partial charge in [-0.3, -0.25) is 4.79 Å². The van der Waals surface area contributed by atoms with Gasteiger partial charge in [-0.25, -0.2) is 13.8 Å². The number of H-pyrrole nitrogens is 1. The van der Waals surface area contributed by atoms with Gasteiger partial charge < -0.3 is 4.98 Å². The number of aromatic amines is 1. The summed E-state index contributed by atoms with van der Waals surface area (Å²) in [5, 5.41) is 5.02. The van der Waals surface area contributed by atoms with Crippen molar-refractivity contribution in [1.82, 2.24) is 14.7 Å². The van der Waals surface area contributed by atoms with E-state index in [0.717, 1.165) is 35.7 Å². The average molecular weight is 410 g/mol. The number of hydrogen-bond acceptors (Lipinski definition) is 4. The molecule has 1 amide bonds. The second kappa shape index (κ2) is 8.18. The molecule has 1 aliphatic heterocycles. The molecule has 1 aromatic heterocycles. The second-order valence-electron chi connectivity index (χ2n) is 6.98. The van der Waals surface area contributed by atoms with E-state index in [1.807, 2.05) is 30.5 Å². The van der Waals surface area contributed by atoms with Crippen molar-refractivity contribution in [1.29, 1.82) is 0 Å². The van der Waals surface area contributed by atoms with Crippen molar-refractivity contribution in [2.45, 2.75) is 24.2 Å². The fourth-order valence-electron chi connectivity index (χ4n) is 3.48. The maximum absolute atomic E-state index is 12.8. The third-order valence-corrected chi connectivity index (χ3v) is 6.93. The first-order valence-electron chi connectivity index (χ1n) is 9.55. The summed E-state index contributed by atoms with van der Waals surface area (Å²) in [5.74, 6) is -0.461. The molecule has 29 heavy (non-hydrogen) atoms. The minimum atomic E-state index is -3.59. The van der Waals surface area contributed by atoms with Crippen LogP contribution in [-0.4, -0.2) is 42.9 Å². The number of nitrogens with one attached hydrogen (secondary N) is 2. The number of aromatic nitrogens is 1. The lowest BCUT2D eigenvalue weighted by Gasteiger charge is -2.25. The molecule has 0 atom stereocenters. The molecule has 0 spiro atoms. The van der Waals surface area contributed by atoms with Gasteiger partial charge in [0, 0.05) is 41.3 Å². The Labute approximate surface area is 169 Å². The lowest BCUT2D eigenvalue weighted by molar-refractivity contribution is 0.0955. The molecule has 2 N–H and O–H groups in total. The standard InChI is InChI=1S/C21H22N4O3S/c26-21(24-23-15-17-14-22-20-10-3-2-9-19(17)20)16-7-6-8-18(13-16)29(27,28)25-11-4-1-5-12-25/h2-3,6-10,13-15,22H,1,4-5,11-12H2,(H,24,26)/b23-15+. The summed E-state index contributed by atoms with van der Waals surface area (Å²) in [7, 11) is -3.59. The van der Waals surface area contributed by atoms with Crippen LogP contribution in [0.1, 0.15) is 35.2 Å². The SMILES string of the molecule is O=C(N/N=C/c1c[nH]c2ccccc12)c1cccc(S(=O)(=O)N2CCCCC2)c1. The Morgan fingerprint density at radius 1 is 1.07 bits per heavy atom. The van der Waals surface area contributed by atoms with E-state index in [-0.39, 0.29) is 10.5 Å². The molecular weight excluding hydrogens is 388 g/mol. The van der Waals surface area contributed by atoms with Crippen LogP contribution in [0.5, 0.6) is 0 Å². The summed E-state index contributed by atoms with van der Waals surface area (Å²) < 4.78 is 27.1. The van der Waals surface area contributed by atoms with Crippen LogP contribution >= 0.6 is 0 Å². The van der Waals surface area contributed by atoms with Crippen LogP contribution in [-0.2, 0) is 10.0 Å². The predicted octanol–water partition coefficient (Wildman–Crippen LogP) is 3.11. The summed E-state index contributed by atoms with van der Waals surface area (Å²) in [6.07, 6.45) is 6.14. The van der Waals surface area contributed by atoms with Gasteiger partial charge in [-0.1, -0.05) is 30.7 Å². The van der Waals surface area contributed by atoms with Crippen LogP contribution < -0.4 is 5.43 Å². The van der Waals surface area contributed by atoms with Crippen molar-refractivity contribution >= 4 is 33.0 Å². The molecule has 0 bridgehead atoms. The summed E-state index contributed by atoms with van der Waals surface area (Å²) in [5.41, 5.74) is 4.55. The Morgan fingerprint density at radius 3 is 2.69 bits per heavy atom. The molecule has 0 aliphatic carbocycles. The number of sulfonamides is 1. The summed E-state index contributed by atoms with van der Waals surface area (Å²) in [6, 6.07) is 13.9. The zero-order valence-electron chi connectivity index (χ0n) is 15.8. The largest absolute Gasteiger partial charge is 0.361 e. The van der Waals surface area contributed by atoms with E-state index in [1.165, 1.54) is 16.4 Å².